The van der Waals surface area contributed by atoms with E-state index < -0.39 is 0 Å². The van der Waals surface area contributed by atoms with Gasteiger partial charge >= 0.3 is 0 Å². The van der Waals surface area contributed by atoms with E-state index in [4.69, 9.17) is 4.74 Å². The number of likely N-dealkylation sites (N-methyl/N-ethyl adjacent to an activating group) is 1. The Balaban J connectivity index is 1.84. The van der Waals surface area contributed by atoms with Crippen molar-refractivity contribution in [3.63, 3.8) is 0 Å². The Morgan fingerprint density at radius 3 is 2.75 bits per heavy atom. The summed E-state index contributed by atoms with van der Waals surface area (Å²) in [6, 6.07) is 1.29. The van der Waals surface area contributed by atoms with Crippen molar-refractivity contribution in [3.8, 4) is 0 Å². The second-order valence-electron chi connectivity index (χ2n) is 5.45. The molecule has 1 saturated carbocycles. The summed E-state index contributed by atoms with van der Waals surface area (Å²) >= 11 is 0. The maximum Gasteiger partial charge on any atom is 0.0674 e. The van der Waals surface area contributed by atoms with E-state index in [-0.39, 0.29) is 0 Å². The van der Waals surface area contributed by atoms with Crippen LogP contribution in [0.5, 0.6) is 0 Å². The van der Waals surface area contributed by atoms with Crippen LogP contribution in [0, 0.1) is 5.92 Å². The van der Waals surface area contributed by atoms with Gasteiger partial charge in [-0.3, -0.25) is 4.90 Å². The molecular weight excluding hydrogens is 200 g/mol. The van der Waals surface area contributed by atoms with Gasteiger partial charge in [-0.2, -0.15) is 0 Å². The Hall–Kier alpha value is -0.120. The highest BCUT2D eigenvalue weighted by Crippen LogP contribution is 2.33. The second kappa shape index (κ2) is 5.48. The predicted molar refractivity (Wildman–Crippen MR) is 66.6 cm³/mol. The van der Waals surface area contributed by atoms with Gasteiger partial charge in [0.15, 0.2) is 0 Å². The molecule has 0 aromatic rings. The van der Waals surface area contributed by atoms with E-state index in [1.54, 1.807) is 0 Å². The first kappa shape index (κ1) is 12.3. The first-order valence-corrected chi connectivity index (χ1v) is 6.79. The number of nitrogens with zero attached hydrogens (tertiary/aromatic N) is 1. The molecule has 1 aliphatic heterocycles. The van der Waals surface area contributed by atoms with Gasteiger partial charge in [-0.25, -0.2) is 0 Å². The van der Waals surface area contributed by atoms with Crippen molar-refractivity contribution in [1.82, 2.24) is 10.2 Å². The largest absolute Gasteiger partial charge is 0.376 e. The third-order valence-electron chi connectivity index (χ3n) is 3.83. The molecule has 2 aliphatic rings. The summed E-state index contributed by atoms with van der Waals surface area (Å²) in [6.45, 7) is 10.9. The maximum absolute atomic E-state index is 5.68. The quantitative estimate of drug-likeness (QED) is 0.768. The molecule has 3 unspecified atom stereocenters. The minimum absolute atomic E-state index is 0.401. The van der Waals surface area contributed by atoms with Gasteiger partial charge in [-0.05, 0) is 39.2 Å². The topological polar surface area (TPSA) is 24.5 Å². The Morgan fingerprint density at radius 2 is 2.12 bits per heavy atom. The standard InChI is InChI=1S/C13H26N2O/c1-4-14-13(12-5-6-12)8-15-7-11(3)16-9-10(15)2/h10-14H,4-9H2,1-3H3. The number of ether oxygens (including phenoxy) is 1. The number of nitrogens with one attached hydrogen (secondary N) is 1. The minimum atomic E-state index is 0.401. The molecule has 0 spiro atoms. The van der Waals surface area contributed by atoms with Gasteiger partial charge < -0.3 is 10.1 Å². The molecule has 0 radical (unpaired) electrons. The molecule has 0 aromatic carbocycles. The maximum atomic E-state index is 5.68. The highest BCUT2D eigenvalue weighted by atomic mass is 16.5. The second-order valence-corrected chi connectivity index (χ2v) is 5.45. The summed E-state index contributed by atoms with van der Waals surface area (Å²) in [5.41, 5.74) is 0. The molecule has 16 heavy (non-hydrogen) atoms. The monoisotopic (exact) mass is 226 g/mol. The first-order chi connectivity index (χ1) is 7.70. The van der Waals surface area contributed by atoms with Gasteiger partial charge in [0.1, 0.15) is 0 Å². The summed E-state index contributed by atoms with van der Waals surface area (Å²) in [5.74, 6) is 0.935. The molecule has 0 aromatic heterocycles. The number of hydrogen-bond donors (Lipinski definition) is 1. The van der Waals surface area contributed by atoms with Gasteiger partial charge in [-0.1, -0.05) is 6.92 Å². The zero-order chi connectivity index (χ0) is 11.5. The molecule has 3 nitrogen and oxygen atoms in total. The summed E-state index contributed by atoms with van der Waals surface area (Å²) in [4.78, 5) is 2.60. The van der Waals surface area contributed by atoms with Crippen molar-refractivity contribution in [3.05, 3.63) is 0 Å². The molecule has 0 amide bonds. The van der Waals surface area contributed by atoms with Crippen LogP contribution in [0.25, 0.3) is 0 Å². The lowest BCUT2D eigenvalue weighted by atomic mass is 10.1. The third-order valence-corrected chi connectivity index (χ3v) is 3.83. The summed E-state index contributed by atoms with van der Waals surface area (Å²) in [7, 11) is 0. The molecule has 0 bridgehead atoms. The van der Waals surface area contributed by atoms with Gasteiger partial charge in [0, 0.05) is 25.2 Å². The van der Waals surface area contributed by atoms with E-state index in [1.165, 1.54) is 19.4 Å². The number of morpholine rings is 1. The molecular formula is C13H26N2O. The molecule has 94 valence electrons. The average molecular weight is 226 g/mol. The fraction of sp³-hybridized carbons (Fsp3) is 1.00. The van der Waals surface area contributed by atoms with Crippen LogP contribution in [0.4, 0.5) is 0 Å². The highest BCUT2D eigenvalue weighted by Gasteiger charge is 2.34. The Labute approximate surface area is 99.5 Å². The minimum Gasteiger partial charge on any atom is -0.376 e. The number of rotatable bonds is 5. The SMILES string of the molecule is CCNC(CN1CC(C)OCC1C)C1CC1. The van der Waals surface area contributed by atoms with Crippen molar-refractivity contribution in [2.24, 2.45) is 5.92 Å². The summed E-state index contributed by atoms with van der Waals surface area (Å²) in [5, 5.41) is 3.64. The summed E-state index contributed by atoms with van der Waals surface area (Å²) in [6.07, 6.45) is 3.25. The van der Waals surface area contributed by atoms with Gasteiger partial charge in [0.05, 0.1) is 12.7 Å². The van der Waals surface area contributed by atoms with E-state index in [9.17, 15) is 0 Å². The smallest absolute Gasteiger partial charge is 0.0674 e. The van der Waals surface area contributed by atoms with Crippen LogP contribution in [-0.4, -0.2) is 49.3 Å². The number of hydrogen-bond acceptors (Lipinski definition) is 3. The van der Waals surface area contributed by atoms with E-state index in [2.05, 4.69) is 31.0 Å². The van der Waals surface area contributed by atoms with E-state index in [0.29, 0.717) is 18.2 Å². The van der Waals surface area contributed by atoms with Crippen molar-refractivity contribution in [2.45, 2.75) is 51.8 Å². The molecule has 1 aliphatic carbocycles. The lowest BCUT2D eigenvalue weighted by Gasteiger charge is -2.39. The predicted octanol–water partition coefficient (Wildman–Crippen LogP) is 1.48. The molecule has 3 atom stereocenters. The third kappa shape index (κ3) is 3.19. The zero-order valence-corrected chi connectivity index (χ0v) is 10.9. The van der Waals surface area contributed by atoms with Gasteiger partial charge in [0.25, 0.3) is 0 Å². The normalized spacial score (nSPS) is 33.9. The molecule has 2 rings (SSSR count). The lowest BCUT2D eigenvalue weighted by molar-refractivity contribution is -0.0526. The van der Waals surface area contributed by atoms with E-state index >= 15 is 0 Å². The Kier molecular flexibility index (Phi) is 4.22. The van der Waals surface area contributed by atoms with Crippen molar-refractivity contribution < 1.29 is 4.74 Å². The van der Waals surface area contributed by atoms with E-state index in [0.717, 1.165) is 25.6 Å². The Bertz CT molecular complexity index is 218. The van der Waals surface area contributed by atoms with Crippen LogP contribution in [0.15, 0.2) is 0 Å². The average Bonchev–Trinajstić information content (AvgIpc) is 3.06. The fourth-order valence-electron chi connectivity index (χ4n) is 2.62. The highest BCUT2D eigenvalue weighted by molar-refractivity contribution is 4.90. The molecule has 1 saturated heterocycles. The van der Waals surface area contributed by atoms with Crippen molar-refractivity contribution >= 4 is 0 Å². The zero-order valence-electron chi connectivity index (χ0n) is 10.9. The van der Waals surface area contributed by atoms with Crippen LogP contribution in [0.1, 0.15) is 33.6 Å². The van der Waals surface area contributed by atoms with Gasteiger partial charge in [0.2, 0.25) is 0 Å². The van der Waals surface area contributed by atoms with Crippen LogP contribution >= 0.6 is 0 Å². The molecule has 1 N–H and O–H groups in total. The fourth-order valence-corrected chi connectivity index (χ4v) is 2.62. The molecule has 1 heterocycles. The van der Waals surface area contributed by atoms with Crippen molar-refractivity contribution in [1.29, 1.82) is 0 Å². The van der Waals surface area contributed by atoms with Crippen LogP contribution in [-0.2, 0) is 4.74 Å². The van der Waals surface area contributed by atoms with E-state index in [1.807, 2.05) is 0 Å². The van der Waals surface area contributed by atoms with Crippen LogP contribution in [0.3, 0.4) is 0 Å². The summed E-state index contributed by atoms with van der Waals surface area (Å²) < 4.78 is 5.68. The first-order valence-electron chi connectivity index (χ1n) is 6.79. The molecule has 3 heteroatoms. The van der Waals surface area contributed by atoms with Crippen molar-refractivity contribution in [2.75, 3.05) is 26.2 Å². The molecule has 2 fully saturated rings. The van der Waals surface area contributed by atoms with Gasteiger partial charge in [-0.15, -0.1) is 0 Å². The Morgan fingerprint density at radius 1 is 1.38 bits per heavy atom. The van der Waals surface area contributed by atoms with Crippen LogP contribution < -0.4 is 5.32 Å². The lowest BCUT2D eigenvalue weighted by Crippen LogP contribution is -2.52. The van der Waals surface area contributed by atoms with Crippen LogP contribution in [0.2, 0.25) is 0 Å².